The monoisotopic (exact) mass is 532 g/mol. The number of nitrogens with zero attached hydrogens (tertiary/aromatic N) is 2. The maximum Gasteiger partial charge on any atom is 0.254 e. The van der Waals surface area contributed by atoms with E-state index in [2.05, 4.69) is 15.9 Å². The van der Waals surface area contributed by atoms with Crippen LogP contribution < -0.4 is 4.74 Å². The molecule has 7 heteroatoms. The van der Waals surface area contributed by atoms with Gasteiger partial charge in [0.15, 0.2) is 0 Å². The number of carbonyl (C=O) groups is 2. The average Bonchev–Trinajstić information content (AvgIpc) is 2.85. The minimum absolute atomic E-state index is 0.0250. The molecule has 2 aromatic carbocycles. The summed E-state index contributed by atoms with van der Waals surface area (Å²) in [7, 11) is 0. The van der Waals surface area contributed by atoms with Crippen molar-refractivity contribution >= 4 is 39.3 Å². The Hall–Kier alpha value is -2.05. The van der Waals surface area contributed by atoms with E-state index in [0.29, 0.717) is 36.7 Å². The first-order valence-electron chi connectivity index (χ1n) is 11.7. The molecular formula is C26H30BrClN2O3. The molecule has 0 bridgehead atoms. The number of carbonyl (C=O) groups excluding carboxylic acids is 2. The maximum atomic E-state index is 13.2. The molecule has 0 unspecified atom stereocenters. The van der Waals surface area contributed by atoms with Crippen molar-refractivity contribution in [3.05, 3.63) is 63.6 Å². The first-order chi connectivity index (χ1) is 16.0. The van der Waals surface area contributed by atoms with Gasteiger partial charge in [0.1, 0.15) is 5.75 Å². The van der Waals surface area contributed by atoms with Crippen LogP contribution in [0.1, 0.15) is 48.9 Å². The van der Waals surface area contributed by atoms with Crippen LogP contribution in [-0.2, 0) is 4.79 Å². The van der Waals surface area contributed by atoms with Gasteiger partial charge in [-0.3, -0.25) is 9.59 Å². The number of hydrogen-bond donors (Lipinski definition) is 0. The third kappa shape index (κ3) is 6.10. The highest BCUT2D eigenvalue weighted by Gasteiger charge is 2.40. The zero-order valence-electron chi connectivity index (χ0n) is 18.8. The number of amides is 2. The molecule has 0 saturated carbocycles. The van der Waals surface area contributed by atoms with E-state index in [1.165, 1.54) is 6.42 Å². The van der Waals surface area contributed by atoms with Crippen LogP contribution >= 0.6 is 27.5 Å². The Morgan fingerprint density at radius 2 is 1.58 bits per heavy atom. The van der Waals surface area contributed by atoms with E-state index in [1.807, 2.05) is 46.2 Å². The highest BCUT2D eigenvalue weighted by molar-refractivity contribution is 9.10. The lowest BCUT2D eigenvalue weighted by Gasteiger charge is -2.42. The number of ether oxygens (including phenoxy) is 1. The zero-order chi connectivity index (χ0) is 23.3. The summed E-state index contributed by atoms with van der Waals surface area (Å²) in [6.07, 6.45) is 5.27. The Labute approximate surface area is 209 Å². The van der Waals surface area contributed by atoms with Crippen molar-refractivity contribution < 1.29 is 14.3 Å². The fourth-order valence-electron chi connectivity index (χ4n) is 4.70. The van der Waals surface area contributed by atoms with Crippen molar-refractivity contribution in [2.45, 2.75) is 38.5 Å². The lowest BCUT2D eigenvalue weighted by Crippen LogP contribution is -2.48. The van der Waals surface area contributed by atoms with Crippen LogP contribution in [0.15, 0.2) is 53.0 Å². The topological polar surface area (TPSA) is 49.9 Å². The molecule has 0 spiro atoms. The van der Waals surface area contributed by atoms with Crippen molar-refractivity contribution in [1.82, 2.24) is 9.80 Å². The van der Waals surface area contributed by atoms with Crippen LogP contribution in [0.4, 0.5) is 0 Å². The summed E-state index contributed by atoms with van der Waals surface area (Å²) in [6.45, 7) is 3.36. The van der Waals surface area contributed by atoms with E-state index >= 15 is 0 Å². The quantitative estimate of drug-likeness (QED) is 0.471. The van der Waals surface area contributed by atoms with Crippen molar-refractivity contribution in [2.24, 2.45) is 5.41 Å². The molecule has 5 nitrogen and oxygen atoms in total. The maximum absolute atomic E-state index is 13.2. The first kappa shape index (κ1) is 24.1. The summed E-state index contributed by atoms with van der Waals surface area (Å²) < 4.78 is 6.96. The summed E-state index contributed by atoms with van der Waals surface area (Å²) >= 11 is 9.49. The van der Waals surface area contributed by atoms with Crippen LogP contribution in [0.2, 0.25) is 5.02 Å². The molecular weight excluding hydrogens is 504 g/mol. The Morgan fingerprint density at radius 1 is 0.909 bits per heavy atom. The average molecular weight is 534 g/mol. The van der Waals surface area contributed by atoms with Crippen molar-refractivity contribution in [3.63, 3.8) is 0 Å². The molecule has 33 heavy (non-hydrogen) atoms. The number of likely N-dealkylation sites (tertiary alicyclic amines) is 2. The number of halogens is 2. The van der Waals surface area contributed by atoms with Gasteiger partial charge in [0, 0.05) is 47.5 Å². The molecule has 2 aromatic rings. The molecule has 0 radical (unpaired) electrons. The van der Waals surface area contributed by atoms with Crippen molar-refractivity contribution in [2.75, 3.05) is 32.8 Å². The van der Waals surface area contributed by atoms with Gasteiger partial charge in [-0.2, -0.15) is 0 Å². The Morgan fingerprint density at radius 3 is 2.24 bits per heavy atom. The van der Waals surface area contributed by atoms with Crippen molar-refractivity contribution in [3.8, 4) is 5.75 Å². The predicted molar refractivity (Wildman–Crippen MR) is 134 cm³/mol. The van der Waals surface area contributed by atoms with Gasteiger partial charge in [-0.25, -0.2) is 0 Å². The number of benzene rings is 2. The van der Waals surface area contributed by atoms with E-state index in [4.69, 9.17) is 16.3 Å². The normalized spacial score (nSPS) is 18.1. The summed E-state index contributed by atoms with van der Waals surface area (Å²) in [5, 5.41) is 0.663. The highest BCUT2D eigenvalue weighted by atomic mass is 79.9. The van der Waals surface area contributed by atoms with E-state index < -0.39 is 0 Å². The van der Waals surface area contributed by atoms with Crippen LogP contribution in [0.3, 0.4) is 0 Å². The molecule has 4 rings (SSSR count). The fourth-order valence-corrected chi connectivity index (χ4v) is 5.28. The van der Waals surface area contributed by atoms with Crippen LogP contribution in [0, 0.1) is 5.41 Å². The number of rotatable bonds is 6. The predicted octanol–water partition coefficient (Wildman–Crippen LogP) is 5.81. The van der Waals surface area contributed by atoms with Crippen LogP contribution in [0.5, 0.6) is 5.75 Å². The van der Waals surface area contributed by atoms with Gasteiger partial charge in [-0.1, -0.05) is 23.7 Å². The van der Waals surface area contributed by atoms with E-state index in [-0.39, 0.29) is 17.2 Å². The Kier molecular flexibility index (Phi) is 7.97. The molecule has 0 aliphatic carbocycles. The van der Waals surface area contributed by atoms with Crippen LogP contribution in [-0.4, -0.2) is 54.4 Å². The molecule has 0 N–H and O–H groups in total. The molecule has 0 atom stereocenters. The van der Waals surface area contributed by atoms with E-state index in [1.54, 1.807) is 12.1 Å². The van der Waals surface area contributed by atoms with Gasteiger partial charge in [0.2, 0.25) is 5.91 Å². The van der Waals surface area contributed by atoms with E-state index in [0.717, 1.165) is 49.0 Å². The van der Waals surface area contributed by atoms with E-state index in [9.17, 15) is 9.59 Å². The molecule has 0 aromatic heterocycles. The van der Waals surface area contributed by atoms with Gasteiger partial charge >= 0.3 is 0 Å². The summed E-state index contributed by atoms with van der Waals surface area (Å²) in [4.78, 5) is 30.2. The number of piperidine rings is 2. The third-order valence-corrected chi connectivity index (χ3v) is 7.75. The van der Waals surface area contributed by atoms with Gasteiger partial charge in [0.25, 0.3) is 5.91 Å². The fraction of sp³-hybridized carbons (Fsp3) is 0.462. The Bertz CT molecular complexity index is 968. The Balaban J connectivity index is 1.45. The van der Waals surface area contributed by atoms with Gasteiger partial charge in [0.05, 0.1) is 12.2 Å². The second-order valence-corrected chi connectivity index (χ2v) is 10.4. The second kappa shape index (κ2) is 10.9. The molecule has 2 heterocycles. The molecule has 2 saturated heterocycles. The minimum Gasteiger partial charge on any atom is -0.493 e. The van der Waals surface area contributed by atoms with Gasteiger partial charge in [-0.05, 0) is 84.4 Å². The van der Waals surface area contributed by atoms with Gasteiger partial charge in [-0.15, -0.1) is 0 Å². The molecule has 2 aliphatic rings. The highest BCUT2D eigenvalue weighted by Crippen LogP contribution is 2.37. The molecule has 2 aliphatic heterocycles. The lowest BCUT2D eigenvalue weighted by molar-refractivity contribution is -0.136. The van der Waals surface area contributed by atoms with Crippen molar-refractivity contribution in [1.29, 1.82) is 0 Å². The molecule has 2 amide bonds. The summed E-state index contributed by atoms with van der Waals surface area (Å²) in [5.74, 6) is 0.980. The largest absolute Gasteiger partial charge is 0.493 e. The zero-order valence-corrected chi connectivity index (χ0v) is 21.1. The second-order valence-electron chi connectivity index (χ2n) is 9.13. The van der Waals surface area contributed by atoms with Gasteiger partial charge < -0.3 is 14.5 Å². The lowest BCUT2D eigenvalue weighted by atomic mass is 9.75. The third-order valence-electron chi connectivity index (χ3n) is 6.81. The summed E-state index contributed by atoms with van der Waals surface area (Å²) in [5.41, 5.74) is 0.380. The number of hydrogen-bond acceptors (Lipinski definition) is 3. The van der Waals surface area contributed by atoms with Crippen LogP contribution in [0.25, 0.3) is 0 Å². The summed E-state index contributed by atoms with van der Waals surface area (Å²) in [6, 6.07) is 14.8. The molecule has 176 valence electrons. The molecule has 2 fully saturated rings. The smallest absolute Gasteiger partial charge is 0.254 e. The SMILES string of the molecule is O=C(CC1(COc2ccc(Cl)cc2)CCN(C(=O)c2ccccc2Br)CC1)N1CCCCC1. The minimum atomic E-state index is -0.293. The first-order valence-corrected chi connectivity index (χ1v) is 12.8. The standard InChI is InChI=1S/C26H30BrClN2O3/c27-23-7-3-2-6-22(23)25(32)30-16-12-26(13-17-30,18-24(31)29-14-4-1-5-15-29)19-33-21-10-8-20(28)9-11-21/h2-3,6-11H,1,4-5,12-19H2.